The van der Waals surface area contributed by atoms with Crippen LogP contribution in [0.15, 0.2) is 36.4 Å². The SMILES string of the molecule is Cc1cccc(-c2nc3ccc(N)cc3[nH]2)c1I. The van der Waals surface area contributed by atoms with Crippen molar-refractivity contribution in [2.24, 2.45) is 0 Å². The molecule has 0 aliphatic rings. The first-order chi connectivity index (χ1) is 8.65. The number of hydrogen-bond acceptors (Lipinski definition) is 2. The Balaban J connectivity index is 2.22. The number of nitrogens with one attached hydrogen (secondary N) is 1. The number of aryl methyl sites for hydroxylation is 1. The normalized spacial score (nSPS) is 11.0. The van der Waals surface area contributed by atoms with Crippen LogP contribution in [0.4, 0.5) is 5.69 Å². The topological polar surface area (TPSA) is 54.7 Å². The van der Waals surface area contributed by atoms with Gasteiger partial charge in [0.1, 0.15) is 5.82 Å². The fraction of sp³-hybridized carbons (Fsp3) is 0.0714. The number of fused-ring (bicyclic) bond motifs is 1. The second-order valence-electron chi connectivity index (χ2n) is 4.30. The van der Waals surface area contributed by atoms with Crippen molar-refractivity contribution < 1.29 is 0 Å². The van der Waals surface area contributed by atoms with Crippen molar-refractivity contribution in [3.8, 4) is 11.4 Å². The van der Waals surface area contributed by atoms with Crippen LogP contribution in [-0.2, 0) is 0 Å². The van der Waals surface area contributed by atoms with E-state index in [0.717, 1.165) is 28.1 Å². The summed E-state index contributed by atoms with van der Waals surface area (Å²) < 4.78 is 1.22. The van der Waals surface area contributed by atoms with E-state index >= 15 is 0 Å². The lowest BCUT2D eigenvalue weighted by molar-refractivity contribution is 1.31. The van der Waals surface area contributed by atoms with Gasteiger partial charge in [0.15, 0.2) is 0 Å². The summed E-state index contributed by atoms with van der Waals surface area (Å²) in [7, 11) is 0. The van der Waals surface area contributed by atoms with Gasteiger partial charge in [-0.1, -0.05) is 18.2 Å². The highest BCUT2D eigenvalue weighted by Gasteiger charge is 2.09. The van der Waals surface area contributed by atoms with Gasteiger partial charge in [-0.15, -0.1) is 0 Å². The molecule has 3 N–H and O–H groups in total. The summed E-state index contributed by atoms with van der Waals surface area (Å²) in [4.78, 5) is 7.93. The molecule has 0 saturated carbocycles. The second-order valence-corrected chi connectivity index (χ2v) is 5.38. The predicted octanol–water partition coefficient (Wildman–Crippen LogP) is 3.73. The van der Waals surface area contributed by atoms with Crippen LogP contribution in [0.5, 0.6) is 0 Å². The molecule has 0 fully saturated rings. The van der Waals surface area contributed by atoms with E-state index in [4.69, 9.17) is 5.73 Å². The Bertz CT molecular complexity index is 731. The summed E-state index contributed by atoms with van der Waals surface area (Å²) in [5.74, 6) is 0.892. The minimum absolute atomic E-state index is 0.747. The molecule has 0 saturated heterocycles. The monoisotopic (exact) mass is 349 g/mol. The summed E-state index contributed by atoms with van der Waals surface area (Å²) >= 11 is 2.36. The second kappa shape index (κ2) is 4.28. The molecule has 0 atom stereocenters. The van der Waals surface area contributed by atoms with Crippen LogP contribution in [0.2, 0.25) is 0 Å². The van der Waals surface area contributed by atoms with E-state index in [0.29, 0.717) is 0 Å². The van der Waals surface area contributed by atoms with E-state index in [-0.39, 0.29) is 0 Å². The summed E-state index contributed by atoms with van der Waals surface area (Å²) in [6.07, 6.45) is 0. The molecule has 90 valence electrons. The molecule has 0 aliphatic heterocycles. The molecule has 2 aromatic carbocycles. The number of rotatable bonds is 1. The molecule has 18 heavy (non-hydrogen) atoms. The molecule has 0 spiro atoms. The minimum atomic E-state index is 0.747. The molecule has 0 radical (unpaired) electrons. The van der Waals surface area contributed by atoms with Gasteiger partial charge >= 0.3 is 0 Å². The van der Waals surface area contributed by atoms with E-state index in [1.807, 2.05) is 24.3 Å². The number of anilines is 1. The number of imidazole rings is 1. The lowest BCUT2D eigenvalue weighted by atomic mass is 10.1. The summed E-state index contributed by atoms with van der Waals surface area (Å²) in [5.41, 5.74) is 10.8. The van der Waals surface area contributed by atoms with Crippen LogP contribution in [0.25, 0.3) is 22.4 Å². The maximum absolute atomic E-state index is 5.78. The first-order valence-electron chi connectivity index (χ1n) is 5.66. The van der Waals surface area contributed by atoms with Gasteiger partial charge in [0.25, 0.3) is 0 Å². The van der Waals surface area contributed by atoms with Crippen LogP contribution in [-0.4, -0.2) is 9.97 Å². The molecule has 1 aromatic heterocycles. The van der Waals surface area contributed by atoms with Gasteiger partial charge in [-0.2, -0.15) is 0 Å². The molecule has 0 aliphatic carbocycles. The molecule has 4 heteroatoms. The maximum atomic E-state index is 5.78. The number of hydrogen-bond donors (Lipinski definition) is 2. The average molecular weight is 349 g/mol. The standard InChI is InChI=1S/C14H12IN3/c1-8-3-2-4-10(13(8)15)14-17-11-6-5-9(16)7-12(11)18-14/h2-7H,16H2,1H3,(H,17,18). The van der Waals surface area contributed by atoms with E-state index < -0.39 is 0 Å². The molecule has 0 unspecified atom stereocenters. The molecular formula is C14H12IN3. The van der Waals surface area contributed by atoms with Crippen LogP contribution in [0.1, 0.15) is 5.56 Å². The minimum Gasteiger partial charge on any atom is -0.399 e. The van der Waals surface area contributed by atoms with Gasteiger partial charge in [0, 0.05) is 14.8 Å². The van der Waals surface area contributed by atoms with Crippen molar-refractivity contribution in [1.82, 2.24) is 9.97 Å². The Kier molecular flexibility index (Phi) is 2.74. The van der Waals surface area contributed by atoms with Gasteiger partial charge in [0.05, 0.1) is 11.0 Å². The van der Waals surface area contributed by atoms with Gasteiger partial charge in [-0.3, -0.25) is 0 Å². The number of nitrogens with two attached hydrogens (primary N) is 1. The molecule has 3 aromatic rings. The Hall–Kier alpha value is -1.56. The summed E-state index contributed by atoms with van der Waals surface area (Å²) in [5, 5.41) is 0. The molecular weight excluding hydrogens is 337 g/mol. The third-order valence-corrected chi connectivity index (χ3v) is 4.38. The predicted molar refractivity (Wildman–Crippen MR) is 83.4 cm³/mol. The molecule has 3 nitrogen and oxygen atoms in total. The summed E-state index contributed by atoms with van der Waals surface area (Å²) in [6, 6.07) is 12.0. The van der Waals surface area contributed by atoms with Crippen molar-refractivity contribution in [2.75, 3.05) is 5.73 Å². The van der Waals surface area contributed by atoms with Crippen molar-refractivity contribution in [3.63, 3.8) is 0 Å². The Morgan fingerprint density at radius 2 is 2.06 bits per heavy atom. The maximum Gasteiger partial charge on any atom is 0.139 e. The van der Waals surface area contributed by atoms with Crippen LogP contribution < -0.4 is 5.73 Å². The largest absolute Gasteiger partial charge is 0.399 e. The molecule has 0 bridgehead atoms. The number of halogens is 1. The van der Waals surface area contributed by atoms with Crippen molar-refractivity contribution >= 4 is 39.3 Å². The highest BCUT2D eigenvalue weighted by Crippen LogP contribution is 2.27. The number of benzene rings is 2. The third-order valence-electron chi connectivity index (χ3n) is 2.95. The van der Waals surface area contributed by atoms with Gasteiger partial charge in [-0.05, 0) is 53.3 Å². The fourth-order valence-corrected chi connectivity index (χ4v) is 2.60. The number of aromatic amines is 1. The number of nitrogens with zero attached hydrogens (tertiary/aromatic N) is 1. The van der Waals surface area contributed by atoms with Crippen molar-refractivity contribution in [1.29, 1.82) is 0 Å². The third kappa shape index (κ3) is 1.86. The Morgan fingerprint density at radius 1 is 1.22 bits per heavy atom. The summed E-state index contributed by atoms with van der Waals surface area (Å²) in [6.45, 7) is 2.10. The Labute approximate surface area is 119 Å². The van der Waals surface area contributed by atoms with Gasteiger partial charge in [0.2, 0.25) is 0 Å². The number of nitrogen functional groups attached to an aromatic ring is 1. The van der Waals surface area contributed by atoms with Crippen LogP contribution in [0.3, 0.4) is 0 Å². The zero-order valence-electron chi connectivity index (χ0n) is 9.87. The zero-order valence-corrected chi connectivity index (χ0v) is 12.0. The first kappa shape index (κ1) is 11.5. The van der Waals surface area contributed by atoms with Gasteiger partial charge in [-0.25, -0.2) is 4.98 Å². The van der Waals surface area contributed by atoms with E-state index in [1.165, 1.54) is 9.13 Å². The smallest absolute Gasteiger partial charge is 0.139 e. The van der Waals surface area contributed by atoms with Crippen LogP contribution >= 0.6 is 22.6 Å². The number of H-pyrrole nitrogens is 1. The first-order valence-corrected chi connectivity index (χ1v) is 6.74. The van der Waals surface area contributed by atoms with Crippen LogP contribution in [0, 0.1) is 10.5 Å². The number of aromatic nitrogens is 2. The van der Waals surface area contributed by atoms with E-state index in [2.05, 4.69) is 51.6 Å². The highest BCUT2D eigenvalue weighted by molar-refractivity contribution is 14.1. The quantitative estimate of drug-likeness (QED) is 0.520. The lowest BCUT2D eigenvalue weighted by Crippen LogP contribution is -1.88. The van der Waals surface area contributed by atoms with Crippen molar-refractivity contribution in [3.05, 3.63) is 45.5 Å². The van der Waals surface area contributed by atoms with E-state index in [1.54, 1.807) is 0 Å². The molecule has 1 heterocycles. The Morgan fingerprint density at radius 3 is 2.89 bits per heavy atom. The molecule has 3 rings (SSSR count). The lowest BCUT2D eigenvalue weighted by Gasteiger charge is -2.03. The van der Waals surface area contributed by atoms with E-state index in [9.17, 15) is 0 Å². The van der Waals surface area contributed by atoms with Gasteiger partial charge < -0.3 is 10.7 Å². The molecule has 0 amide bonds. The average Bonchev–Trinajstić information content (AvgIpc) is 2.75. The zero-order chi connectivity index (χ0) is 12.7. The fourth-order valence-electron chi connectivity index (χ4n) is 1.99. The highest BCUT2D eigenvalue weighted by atomic mass is 127. The van der Waals surface area contributed by atoms with Crippen molar-refractivity contribution in [2.45, 2.75) is 6.92 Å².